The van der Waals surface area contributed by atoms with Crippen LogP contribution in [-0.4, -0.2) is 26.2 Å². The van der Waals surface area contributed by atoms with Crippen molar-refractivity contribution in [3.05, 3.63) is 65.5 Å². The Bertz CT molecular complexity index is 808. The van der Waals surface area contributed by atoms with Crippen LogP contribution in [0.15, 0.2) is 53.4 Å². The maximum absolute atomic E-state index is 13.0. The fourth-order valence-electron chi connectivity index (χ4n) is 1.75. The molecule has 0 atom stereocenters. The van der Waals surface area contributed by atoms with Gasteiger partial charge in [0.1, 0.15) is 5.82 Å². The third-order valence-electron chi connectivity index (χ3n) is 2.84. The molecule has 0 bridgehead atoms. The van der Waals surface area contributed by atoms with Gasteiger partial charge in [-0.2, -0.15) is 0 Å². The van der Waals surface area contributed by atoms with Gasteiger partial charge in [0.15, 0.2) is 9.84 Å². The van der Waals surface area contributed by atoms with E-state index < -0.39 is 27.2 Å². The first-order valence-corrected chi connectivity index (χ1v) is 7.83. The standard InChI is InChI=1S/C15H11FO4S/c1-21(19,20)13-7-5-10(6-8-13)14(17)15(18)11-3-2-4-12(16)9-11/h2-9H,1H3. The van der Waals surface area contributed by atoms with Gasteiger partial charge < -0.3 is 0 Å². The summed E-state index contributed by atoms with van der Waals surface area (Å²) in [5.41, 5.74) is 0.00357. The summed E-state index contributed by atoms with van der Waals surface area (Å²) in [5, 5.41) is 0. The summed E-state index contributed by atoms with van der Waals surface area (Å²) in [7, 11) is -3.37. The van der Waals surface area contributed by atoms with E-state index in [-0.39, 0.29) is 16.0 Å². The van der Waals surface area contributed by atoms with Gasteiger partial charge in [-0.05, 0) is 36.4 Å². The Balaban J connectivity index is 2.30. The highest BCUT2D eigenvalue weighted by molar-refractivity contribution is 7.90. The van der Waals surface area contributed by atoms with Crippen molar-refractivity contribution in [1.82, 2.24) is 0 Å². The molecule has 21 heavy (non-hydrogen) atoms. The molecule has 0 amide bonds. The Kier molecular flexibility index (Phi) is 3.99. The Morgan fingerprint density at radius 3 is 2.00 bits per heavy atom. The molecule has 0 aliphatic heterocycles. The minimum absolute atomic E-state index is 0.0489. The van der Waals surface area contributed by atoms with Crippen LogP contribution < -0.4 is 0 Å². The summed E-state index contributed by atoms with van der Waals surface area (Å²) in [4.78, 5) is 24.0. The molecule has 2 aromatic carbocycles. The zero-order valence-corrected chi connectivity index (χ0v) is 11.9. The van der Waals surface area contributed by atoms with E-state index in [0.717, 1.165) is 12.3 Å². The van der Waals surface area contributed by atoms with Crippen molar-refractivity contribution in [2.75, 3.05) is 6.26 Å². The van der Waals surface area contributed by atoms with E-state index in [4.69, 9.17) is 0 Å². The van der Waals surface area contributed by atoms with E-state index in [1.54, 1.807) is 0 Å². The smallest absolute Gasteiger partial charge is 0.233 e. The van der Waals surface area contributed by atoms with Crippen LogP contribution in [0.4, 0.5) is 4.39 Å². The van der Waals surface area contributed by atoms with Crippen LogP contribution in [-0.2, 0) is 9.84 Å². The molecule has 4 nitrogen and oxygen atoms in total. The number of carbonyl (C=O) groups excluding carboxylic acids is 2. The van der Waals surface area contributed by atoms with Crippen LogP contribution in [0.5, 0.6) is 0 Å². The number of rotatable bonds is 4. The first kappa shape index (κ1) is 15.1. The van der Waals surface area contributed by atoms with Crippen molar-refractivity contribution in [2.45, 2.75) is 4.90 Å². The molecule has 6 heteroatoms. The monoisotopic (exact) mass is 306 g/mol. The summed E-state index contributed by atoms with van der Waals surface area (Å²) in [5.74, 6) is -2.27. The molecule has 0 N–H and O–H groups in total. The Hall–Kier alpha value is -2.34. The summed E-state index contributed by atoms with van der Waals surface area (Å²) in [6.07, 6.45) is 1.04. The number of hydrogen-bond acceptors (Lipinski definition) is 4. The molecule has 0 radical (unpaired) electrons. The molecule has 0 heterocycles. The molecule has 2 aromatic rings. The number of Topliss-reactive ketones (excluding diaryl/α,β-unsaturated/α-hetero) is 2. The van der Waals surface area contributed by atoms with E-state index in [1.165, 1.54) is 42.5 Å². The molecule has 0 unspecified atom stereocenters. The highest BCUT2D eigenvalue weighted by Crippen LogP contribution is 2.13. The molecular weight excluding hydrogens is 295 g/mol. The minimum Gasteiger partial charge on any atom is -0.285 e. The average Bonchev–Trinajstić information content (AvgIpc) is 2.45. The fourth-order valence-corrected chi connectivity index (χ4v) is 2.38. The van der Waals surface area contributed by atoms with Crippen LogP contribution in [0.25, 0.3) is 0 Å². The quantitative estimate of drug-likeness (QED) is 0.642. The van der Waals surface area contributed by atoms with Crippen molar-refractivity contribution in [2.24, 2.45) is 0 Å². The average molecular weight is 306 g/mol. The molecule has 0 saturated carbocycles. The van der Waals surface area contributed by atoms with Crippen LogP contribution in [0.2, 0.25) is 0 Å². The topological polar surface area (TPSA) is 68.3 Å². The summed E-state index contributed by atoms with van der Waals surface area (Å²) in [6, 6.07) is 9.85. The molecule has 108 valence electrons. The Morgan fingerprint density at radius 2 is 1.48 bits per heavy atom. The Labute approximate surface area is 121 Å². The van der Waals surface area contributed by atoms with Gasteiger partial charge in [-0.25, -0.2) is 12.8 Å². The van der Waals surface area contributed by atoms with Gasteiger partial charge in [0, 0.05) is 17.4 Å². The number of halogens is 1. The third-order valence-corrected chi connectivity index (χ3v) is 3.97. The number of benzene rings is 2. The van der Waals surface area contributed by atoms with E-state index in [0.29, 0.717) is 0 Å². The fraction of sp³-hybridized carbons (Fsp3) is 0.0667. The van der Waals surface area contributed by atoms with Gasteiger partial charge in [-0.1, -0.05) is 12.1 Å². The van der Waals surface area contributed by atoms with Crippen molar-refractivity contribution >= 4 is 21.4 Å². The number of ketones is 2. The normalized spacial score (nSPS) is 11.1. The van der Waals surface area contributed by atoms with Crippen molar-refractivity contribution < 1.29 is 22.4 Å². The predicted molar refractivity (Wildman–Crippen MR) is 74.6 cm³/mol. The van der Waals surface area contributed by atoms with Gasteiger partial charge in [-0.3, -0.25) is 9.59 Å². The molecule has 0 aliphatic carbocycles. The number of sulfone groups is 1. The summed E-state index contributed by atoms with van der Waals surface area (Å²) in [6.45, 7) is 0. The lowest BCUT2D eigenvalue weighted by molar-refractivity contribution is 0.0816. The van der Waals surface area contributed by atoms with Crippen molar-refractivity contribution in [3.63, 3.8) is 0 Å². The maximum atomic E-state index is 13.0. The highest BCUT2D eigenvalue weighted by Gasteiger charge is 2.19. The lowest BCUT2D eigenvalue weighted by atomic mass is 10.0. The van der Waals surface area contributed by atoms with E-state index in [1.807, 2.05) is 0 Å². The predicted octanol–water partition coefficient (Wildman–Crippen LogP) is 2.29. The second-order valence-corrected chi connectivity index (χ2v) is 6.48. The van der Waals surface area contributed by atoms with Crippen LogP contribution in [0.1, 0.15) is 20.7 Å². The van der Waals surface area contributed by atoms with Gasteiger partial charge in [0.25, 0.3) is 0 Å². The van der Waals surface area contributed by atoms with Crippen molar-refractivity contribution in [1.29, 1.82) is 0 Å². The van der Waals surface area contributed by atoms with Crippen LogP contribution in [0.3, 0.4) is 0 Å². The first-order chi connectivity index (χ1) is 9.79. The van der Waals surface area contributed by atoms with Gasteiger partial charge >= 0.3 is 0 Å². The van der Waals surface area contributed by atoms with Gasteiger partial charge in [0.2, 0.25) is 11.6 Å². The molecule has 0 aromatic heterocycles. The van der Waals surface area contributed by atoms with E-state index in [2.05, 4.69) is 0 Å². The Morgan fingerprint density at radius 1 is 0.905 bits per heavy atom. The van der Waals surface area contributed by atoms with E-state index in [9.17, 15) is 22.4 Å². The summed E-state index contributed by atoms with van der Waals surface area (Å²) >= 11 is 0. The van der Waals surface area contributed by atoms with Crippen LogP contribution >= 0.6 is 0 Å². The number of hydrogen-bond donors (Lipinski definition) is 0. The zero-order valence-electron chi connectivity index (χ0n) is 11.0. The molecule has 0 fully saturated rings. The highest BCUT2D eigenvalue weighted by atomic mass is 32.2. The number of carbonyl (C=O) groups is 2. The lowest BCUT2D eigenvalue weighted by Crippen LogP contribution is -2.14. The third kappa shape index (κ3) is 3.41. The SMILES string of the molecule is CS(=O)(=O)c1ccc(C(=O)C(=O)c2cccc(F)c2)cc1. The second kappa shape index (κ2) is 5.57. The molecule has 0 aliphatic rings. The lowest BCUT2D eigenvalue weighted by Gasteiger charge is -2.02. The molecule has 0 saturated heterocycles. The maximum Gasteiger partial charge on any atom is 0.233 e. The van der Waals surface area contributed by atoms with E-state index >= 15 is 0 Å². The largest absolute Gasteiger partial charge is 0.285 e. The van der Waals surface area contributed by atoms with Gasteiger partial charge in [0.05, 0.1) is 4.90 Å². The molecular formula is C15H11FO4S. The van der Waals surface area contributed by atoms with Gasteiger partial charge in [-0.15, -0.1) is 0 Å². The van der Waals surface area contributed by atoms with Crippen molar-refractivity contribution in [3.8, 4) is 0 Å². The zero-order chi connectivity index (χ0) is 15.6. The minimum atomic E-state index is -3.37. The first-order valence-electron chi connectivity index (χ1n) is 5.94. The summed E-state index contributed by atoms with van der Waals surface area (Å²) < 4.78 is 35.7. The molecule has 2 rings (SSSR count). The second-order valence-electron chi connectivity index (χ2n) is 4.47. The van der Waals surface area contributed by atoms with Crippen LogP contribution in [0, 0.1) is 5.82 Å². The molecule has 0 spiro atoms.